The molecule has 0 aliphatic heterocycles. The van der Waals surface area contributed by atoms with Gasteiger partial charge in [0.25, 0.3) is 0 Å². The van der Waals surface area contributed by atoms with E-state index >= 15 is 0 Å². The summed E-state index contributed by atoms with van der Waals surface area (Å²) in [6.07, 6.45) is 1.83. The van der Waals surface area contributed by atoms with Gasteiger partial charge in [-0.1, -0.05) is 54.6 Å². The highest BCUT2D eigenvalue weighted by molar-refractivity contribution is 14.1. The Morgan fingerprint density at radius 3 is 2.50 bits per heavy atom. The second kappa shape index (κ2) is 9.84. The summed E-state index contributed by atoms with van der Waals surface area (Å²) in [6, 6.07) is 26.6. The van der Waals surface area contributed by atoms with Gasteiger partial charge >= 0.3 is 0 Å². The Morgan fingerprint density at radius 2 is 1.75 bits per heavy atom. The lowest BCUT2D eigenvalue weighted by Crippen LogP contribution is -2.02. The molecular weight excluding hydrogens is 516 g/mol. The molecule has 0 aliphatic carbocycles. The van der Waals surface area contributed by atoms with Gasteiger partial charge in [-0.15, -0.1) is 0 Å². The number of benzene rings is 4. The van der Waals surface area contributed by atoms with Crippen molar-refractivity contribution in [3.63, 3.8) is 0 Å². The molecule has 3 nitrogen and oxygen atoms in total. The average molecular weight is 535 g/mol. The van der Waals surface area contributed by atoms with Crippen LogP contribution in [0.4, 0.5) is 4.39 Å². The molecule has 0 radical (unpaired) electrons. The molecule has 0 fully saturated rings. The van der Waals surface area contributed by atoms with Crippen molar-refractivity contribution in [2.45, 2.75) is 6.61 Å². The van der Waals surface area contributed by atoms with E-state index in [2.05, 4.69) is 28.7 Å². The zero-order valence-corrected chi connectivity index (χ0v) is 19.5. The van der Waals surface area contributed by atoms with Gasteiger partial charge in [0.05, 0.1) is 22.3 Å². The number of nitriles is 1. The van der Waals surface area contributed by atoms with Crippen molar-refractivity contribution in [2.24, 2.45) is 0 Å². The Balaban J connectivity index is 1.65. The standard InChI is InChI=1S/C27H19FINO2/c1-31-26-14-18(13-25(29)27(26)32-17-22-8-4-5-9-24(22)28)12-23(16-30)21-11-10-19-6-2-3-7-20(19)15-21/h2-15H,17H2,1H3/b23-12-. The minimum Gasteiger partial charge on any atom is -0.493 e. The number of fused-ring (bicyclic) bond motifs is 1. The van der Waals surface area contributed by atoms with E-state index in [1.54, 1.807) is 25.3 Å². The molecule has 0 bridgehead atoms. The maximum absolute atomic E-state index is 13.9. The largest absolute Gasteiger partial charge is 0.493 e. The molecule has 4 aromatic rings. The van der Waals surface area contributed by atoms with Gasteiger partial charge < -0.3 is 9.47 Å². The van der Waals surface area contributed by atoms with Crippen LogP contribution in [0.3, 0.4) is 0 Å². The van der Waals surface area contributed by atoms with Gasteiger partial charge in [-0.05, 0) is 74.8 Å². The van der Waals surface area contributed by atoms with Crippen LogP contribution >= 0.6 is 22.6 Å². The Bertz CT molecular complexity index is 1360. The molecule has 32 heavy (non-hydrogen) atoms. The van der Waals surface area contributed by atoms with Crippen LogP contribution in [0, 0.1) is 20.7 Å². The number of nitrogens with zero attached hydrogens (tertiary/aromatic N) is 1. The first kappa shape index (κ1) is 21.8. The number of methoxy groups -OCH3 is 1. The van der Waals surface area contributed by atoms with Gasteiger partial charge in [-0.25, -0.2) is 4.39 Å². The lowest BCUT2D eigenvalue weighted by atomic mass is 10.00. The predicted octanol–water partition coefficient (Wildman–Crippen LogP) is 7.24. The third-order valence-corrected chi connectivity index (χ3v) is 5.87. The van der Waals surface area contributed by atoms with E-state index in [9.17, 15) is 9.65 Å². The van der Waals surface area contributed by atoms with Crippen LogP contribution in [0.2, 0.25) is 0 Å². The molecule has 0 heterocycles. The molecule has 0 spiro atoms. The lowest BCUT2D eigenvalue weighted by molar-refractivity contribution is 0.277. The highest BCUT2D eigenvalue weighted by Crippen LogP contribution is 2.36. The molecule has 4 aromatic carbocycles. The number of hydrogen-bond donors (Lipinski definition) is 0. The second-order valence-electron chi connectivity index (χ2n) is 7.15. The Labute approximate surface area is 199 Å². The molecule has 0 amide bonds. The van der Waals surface area contributed by atoms with E-state index < -0.39 is 0 Å². The monoisotopic (exact) mass is 535 g/mol. The fourth-order valence-corrected chi connectivity index (χ4v) is 4.21. The van der Waals surface area contributed by atoms with E-state index in [1.807, 2.05) is 60.7 Å². The van der Waals surface area contributed by atoms with Gasteiger partial charge in [0, 0.05) is 5.56 Å². The summed E-state index contributed by atoms with van der Waals surface area (Å²) in [6.45, 7) is 0.0920. The smallest absolute Gasteiger partial charge is 0.174 e. The number of allylic oxidation sites excluding steroid dienone is 1. The Kier molecular flexibility index (Phi) is 6.72. The molecule has 0 aliphatic rings. The molecule has 4 rings (SSSR count). The normalized spacial score (nSPS) is 11.2. The predicted molar refractivity (Wildman–Crippen MR) is 134 cm³/mol. The van der Waals surface area contributed by atoms with Crippen LogP contribution in [-0.4, -0.2) is 7.11 Å². The van der Waals surface area contributed by atoms with Crippen LogP contribution in [0.1, 0.15) is 16.7 Å². The third kappa shape index (κ3) is 4.76. The topological polar surface area (TPSA) is 42.2 Å². The summed E-state index contributed by atoms with van der Waals surface area (Å²) in [4.78, 5) is 0. The number of ether oxygens (including phenoxy) is 2. The zero-order valence-electron chi connectivity index (χ0n) is 17.3. The van der Waals surface area contributed by atoms with Crippen LogP contribution < -0.4 is 9.47 Å². The first-order valence-electron chi connectivity index (χ1n) is 9.94. The van der Waals surface area contributed by atoms with Crippen molar-refractivity contribution in [1.82, 2.24) is 0 Å². The van der Waals surface area contributed by atoms with Crippen molar-refractivity contribution in [1.29, 1.82) is 5.26 Å². The van der Waals surface area contributed by atoms with Gasteiger partial charge in [0.15, 0.2) is 11.5 Å². The van der Waals surface area contributed by atoms with Gasteiger partial charge in [-0.2, -0.15) is 5.26 Å². The number of hydrogen-bond acceptors (Lipinski definition) is 3. The lowest BCUT2D eigenvalue weighted by Gasteiger charge is -2.14. The molecule has 0 N–H and O–H groups in total. The summed E-state index contributed by atoms with van der Waals surface area (Å²) in [5.41, 5.74) is 2.68. The van der Waals surface area contributed by atoms with E-state index in [4.69, 9.17) is 9.47 Å². The molecular formula is C27H19FINO2. The van der Waals surface area contributed by atoms with Gasteiger partial charge in [0.1, 0.15) is 12.4 Å². The van der Waals surface area contributed by atoms with E-state index in [-0.39, 0.29) is 12.4 Å². The summed E-state index contributed by atoms with van der Waals surface area (Å²) < 4.78 is 26.1. The maximum Gasteiger partial charge on any atom is 0.174 e. The van der Waals surface area contributed by atoms with E-state index in [0.29, 0.717) is 22.6 Å². The average Bonchev–Trinajstić information content (AvgIpc) is 2.82. The van der Waals surface area contributed by atoms with Crippen LogP contribution in [0.5, 0.6) is 11.5 Å². The molecule has 0 atom stereocenters. The third-order valence-electron chi connectivity index (χ3n) is 5.07. The van der Waals surface area contributed by atoms with Crippen LogP contribution in [0.15, 0.2) is 78.9 Å². The van der Waals surface area contributed by atoms with Crippen molar-refractivity contribution in [3.8, 4) is 17.6 Å². The molecule has 0 saturated carbocycles. The minimum absolute atomic E-state index is 0.0920. The zero-order chi connectivity index (χ0) is 22.5. The van der Waals surface area contributed by atoms with E-state index in [1.165, 1.54) is 6.07 Å². The number of rotatable bonds is 6. The SMILES string of the molecule is COc1cc(/C=C(/C#N)c2ccc3ccccc3c2)cc(I)c1OCc1ccccc1F. The first-order valence-corrected chi connectivity index (χ1v) is 11.0. The summed E-state index contributed by atoms with van der Waals surface area (Å²) in [5.74, 6) is 0.753. The molecule has 158 valence electrons. The minimum atomic E-state index is -0.310. The summed E-state index contributed by atoms with van der Waals surface area (Å²) in [5, 5.41) is 12.0. The molecule has 0 saturated heterocycles. The number of halogens is 2. The van der Waals surface area contributed by atoms with E-state index in [0.717, 1.165) is 25.5 Å². The van der Waals surface area contributed by atoms with Crippen molar-refractivity contribution < 1.29 is 13.9 Å². The quantitative estimate of drug-likeness (QED) is 0.149. The highest BCUT2D eigenvalue weighted by Gasteiger charge is 2.13. The molecule has 0 aromatic heterocycles. The van der Waals surface area contributed by atoms with Gasteiger partial charge in [-0.3, -0.25) is 0 Å². The maximum atomic E-state index is 13.9. The molecule has 0 unspecified atom stereocenters. The van der Waals surface area contributed by atoms with Crippen LogP contribution in [-0.2, 0) is 6.61 Å². The van der Waals surface area contributed by atoms with Crippen molar-refractivity contribution in [2.75, 3.05) is 7.11 Å². The second-order valence-corrected chi connectivity index (χ2v) is 8.31. The first-order chi connectivity index (χ1) is 15.6. The van der Waals surface area contributed by atoms with Crippen molar-refractivity contribution >= 4 is 45.0 Å². The van der Waals surface area contributed by atoms with Crippen molar-refractivity contribution in [3.05, 3.63) is 105 Å². The summed E-state index contributed by atoms with van der Waals surface area (Å²) >= 11 is 2.16. The van der Waals surface area contributed by atoms with Gasteiger partial charge in [0.2, 0.25) is 0 Å². The fourth-order valence-electron chi connectivity index (χ4n) is 3.43. The highest BCUT2D eigenvalue weighted by atomic mass is 127. The Morgan fingerprint density at radius 1 is 1.00 bits per heavy atom. The molecule has 5 heteroatoms. The Hall–Kier alpha value is -3.37. The fraction of sp³-hybridized carbons (Fsp3) is 0.0741. The summed E-state index contributed by atoms with van der Waals surface area (Å²) in [7, 11) is 1.56. The van der Waals surface area contributed by atoms with Crippen LogP contribution in [0.25, 0.3) is 22.4 Å².